The molecule has 1 fully saturated rings. The molecule has 36 heavy (non-hydrogen) atoms. The maximum Gasteiger partial charge on any atom is 0.345 e. The number of aliphatic hydroxyl groups is 1. The number of halogens is 2. The van der Waals surface area contributed by atoms with Crippen LogP contribution in [-0.2, 0) is 21.3 Å². The molecule has 14 heteroatoms. The summed E-state index contributed by atoms with van der Waals surface area (Å²) in [7, 11) is -3.82. The summed E-state index contributed by atoms with van der Waals surface area (Å²) >= 11 is 0. The minimum Gasteiger partial charge on any atom is -0.393 e. The Kier molecular flexibility index (Phi) is 9.75. The summed E-state index contributed by atoms with van der Waals surface area (Å²) < 4.78 is 51.2. The number of alkyl halides is 2. The van der Waals surface area contributed by atoms with Gasteiger partial charge in [-0.15, -0.1) is 0 Å². The Balaban J connectivity index is 1.71. The van der Waals surface area contributed by atoms with Crippen molar-refractivity contribution in [2.24, 2.45) is 16.0 Å². The number of ether oxygens (including phenoxy) is 1. The smallest absolute Gasteiger partial charge is 0.345 e. The molecule has 1 saturated carbocycles. The number of rotatable bonds is 11. The largest absolute Gasteiger partial charge is 0.393 e. The summed E-state index contributed by atoms with van der Waals surface area (Å²) in [5.74, 6) is -0.207. The first kappa shape index (κ1) is 27.5. The highest BCUT2D eigenvalue weighted by Crippen LogP contribution is 2.24. The molecule has 11 nitrogen and oxygen atoms in total. The molecule has 0 saturated heterocycles. The van der Waals surface area contributed by atoms with E-state index in [1.807, 2.05) is 0 Å². The van der Waals surface area contributed by atoms with E-state index in [4.69, 9.17) is 5.14 Å². The van der Waals surface area contributed by atoms with E-state index in [2.05, 4.69) is 30.3 Å². The van der Waals surface area contributed by atoms with Crippen LogP contribution in [0.4, 0.5) is 20.5 Å². The zero-order valence-corrected chi connectivity index (χ0v) is 20.1. The van der Waals surface area contributed by atoms with Crippen LogP contribution in [0.2, 0.25) is 0 Å². The first-order valence-electron chi connectivity index (χ1n) is 11.2. The number of primary sulfonamides is 1. The number of hydrogen-bond donors (Lipinski definition) is 4. The van der Waals surface area contributed by atoms with Crippen molar-refractivity contribution in [3.63, 3.8) is 0 Å². The van der Waals surface area contributed by atoms with E-state index in [1.165, 1.54) is 30.5 Å². The number of amides is 1. The van der Waals surface area contributed by atoms with Gasteiger partial charge in [0.2, 0.25) is 16.0 Å². The van der Waals surface area contributed by atoms with Crippen molar-refractivity contribution in [3.8, 4) is 0 Å². The van der Waals surface area contributed by atoms with E-state index >= 15 is 0 Å². The molecule has 1 aromatic heterocycles. The molecule has 0 bridgehead atoms. The summed E-state index contributed by atoms with van der Waals surface area (Å²) in [6.07, 6.45) is 5.48. The number of nitrogens with zero attached hydrogens (tertiary/aromatic N) is 3. The summed E-state index contributed by atoms with van der Waals surface area (Å²) in [4.78, 5) is 25.5. The molecule has 1 heterocycles. The number of carbonyl (C=O) groups excluding carboxylic acids is 1. The van der Waals surface area contributed by atoms with E-state index in [0.717, 1.165) is 12.8 Å². The van der Waals surface area contributed by atoms with Gasteiger partial charge in [-0.05, 0) is 49.3 Å². The quantitative estimate of drug-likeness (QED) is 0.254. The Hall–Kier alpha value is -3.07. The number of nitrogens with one attached hydrogen (secondary N) is 2. The van der Waals surface area contributed by atoms with Gasteiger partial charge in [0, 0.05) is 25.5 Å². The summed E-state index contributed by atoms with van der Waals surface area (Å²) in [6, 6.07) is 5.74. The Bertz CT molecular complexity index is 1160. The van der Waals surface area contributed by atoms with Gasteiger partial charge in [-0.25, -0.2) is 23.5 Å². The fourth-order valence-electron chi connectivity index (χ4n) is 3.53. The highest BCUT2D eigenvalue weighted by atomic mass is 32.2. The van der Waals surface area contributed by atoms with Gasteiger partial charge >= 0.3 is 6.61 Å². The molecular weight excluding hydrogens is 498 g/mol. The van der Waals surface area contributed by atoms with Crippen LogP contribution in [0.25, 0.3) is 0 Å². The number of hydrogen-bond acceptors (Lipinski definition) is 9. The minimum absolute atomic E-state index is 0.0219. The third-order valence-corrected chi connectivity index (χ3v) is 6.43. The van der Waals surface area contributed by atoms with Gasteiger partial charge in [0.15, 0.2) is 5.82 Å². The molecule has 0 unspecified atom stereocenters. The fourth-order valence-corrected chi connectivity index (χ4v) is 4.04. The molecular formula is C22H28F2N6O5S. The molecule has 196 valence electrons. The van der Waals surface area contributed by atoms with Gasteiger partial charge in [0.1, 0.15) is 5.56 Å². The maximum atomic E-state index is 12.9. The standard InChI is InChI=1S/C22H28F2N6O5S/c23-21(24)35-10-9-26-22-29-13-18(19(30-22)27-11-14-1-5-16(31)6-2-14)20(32)28-12-15-3-7-17(8-4-15)36(25,33)34/h3-4,7-8,11,13-14,16,21,31H,1-2,5-6,9-10,12H2,(H,28,32)(H2,25,33,34)(H,26,29,30). The number of sulfonamides is 1. The average Bonchev–Trinajstić information content (AvgIpc) is 2.84. The predicted octanol–water partition coefficient (Wildman–Crippen LogP) is 1.96. The minimum atomic E-state index is -3.82. The number of benzene rings is 1. The van der Waals surface area contributed by atoms with Crippen molar-refractivity contribution in [1.82, 2.24) is 15.3 Å². The van der Waals surface area contributed by atoms with Crippen molar-refractivity contribution in [2.75, 3.05) is 18.5 Å². The third-order valence-electron chi connectivity index (χ3n) is 5.50. The maximum absolute atomic E-state index is 12.9. The topological polar surface area (TPSA) is 169 Å². The number of nitrogens with two attached hydrogens (primary N) is 1. The lowest BCUT2D eigenvalue weighted by molar-refractivity contribution is -0.125. The number of anilines is 1. The van der Waals surface area contributed by atoms with Crippen LogP contribution in [0.5, 0.6) is 0 Å². The van der Waals surface area contributed by atoms with Crippen molar-refractivity contribution in [3.05, 3.63) is 41.6 Å². The number of aromatic nitrogens is 2. The molecule has 1 aliphatic rings. The Morgan fingerprint density at radius 1 is 1.25 bits per heavy atom. The highest BCUT2D eigenvalue weighted by molar-refractivity contribution is 7.89. The van der Waals surface area contributed by atoms with Crippen LogP contribution in [0.1, 0.15) is 41.6 Å². The first-order chi connectivity index (χ1) is 17.1. The van der Waals surface area contributed by atoms with Gasteiger partial charge in [0.25, 0.3) is 5.91 Å². The monoisotopic (exact) mass is 526 g/mol. The van der Waals surface area contributed by atoms with Crippen molar-refractivity contribution in [1.29, 1.82) is 0 Å². The molecule has 0 aliphatic heterocycles. The predicted molar refractivity (Wildman–Crippen MR) is 128 cm³/mol. The first-order valence-corrected chi connectivity index (χ1v) is 12.8. The summed E-state index contributed by atoms with van der Waals surface area (Å²) in [6.45, 7) is -3.04. The Morgan fingerprint density at radius 2 is 1.94 bits per heavy atom. The van der Waals surface area contributed by atoms with Crippen LogP contribution in [0, 0.1) is 5.92 Å². The molecule has 0 spiro atoms. The molecule has 0 atom stereocenters. The molecule has 1 amide bonds. The van der Waals surface area contributed by atoms with Crippen molar-refractivity contribution >= 4 is 33.9 Å². The molecule has 5 N–H and O–H groups in total. The normalized spacial score (nSPS) is 18.5. The molecule has 3 rings (SSSR count). The van der Waals surface area contributed by atoms with E-state index in [0.29, 0.717) is 18.4 Å². The number of aliphatic imine (C=N–C) groups is 1. The van der Waals surface area contributed by atoms with E-state index < -0.39 is 22.5 Å². The second-order valence-corrected chi connectivity index (χ2v) is 9.77. The van der Waals surface area contributed by atoms with Crippen LogP contribution in [-0.4, -0.2) is 61.5 Å². The zero-order chi connectivity index (χ0) is 26.1. The lowest BCUT2D eigenvalue weighted by Gasteiger charge is -2.22. The Morgan fingerprint density at radius 3 is 2.58 bits per heavy atom. The molecule has 0 radical (unpaired) electrons. The molecule has 2 aromatic rings. The zero-order valence-electron chi connectivity index (χ0n) is 19.3. The van der Waals surface area contributed by atoms with Crippen molar-refractivity contribution in [2.45, 2.75) is 49.8 Å². The fraction of sp³-hybridized carbons (Fsp3) is 0.455. The summed E-state index contributed by atoms with van der Waals surface area (Å²) in [5, 5.41) is 20.2. The summed E-state index contributed by atoms with van der Waals surface area (Å²) in [5.41, 5.74) is 0.734. The van der Waals surface area contributed by atoms with Crippen molar-refractivity contribution < 1.29 is 31.8 Å². The average molecular weight is 527 g/mol. The van der Waals surface area contributed by atoms with E-state index in [1.54, 1.807) is 6.21 Å². The van der Waals surface area contributed by atoms with Crippen LogP contribution in [0.15, 0.2) is 40.4 Å². The van der Waals surface area contributed by atoms with E-state index in [-0.39, 0.29) is 53.9 Å². The third kappa shape index (κ3) is 8.55. The number of aliphatic hydroxyl groups excluding tert-OH is 1. The second kappa shape index (κ2) is 12.8. The van der Waals surface area contributed by atoms with Gasteiger partial charge in [0.05, 0.1) is 17.6 Å². The van der Waals surface area contributed by atoms with Gasteiger partial charge in [-0.3, -0.25) is 4.79 Å². The SMILES string of the molecule is NS(=O)(=O)c1ccc(CNC(=O)c2cnc(NCCOC(F)F)nc2N=CC2CCC(O)CC2)cc1. The van der Waals surface area contributed by atoms with Crippen LogP contribution < -0.4 is 15.8 Å². The van der Waals surface area contributed by atoms with Crippen LogP contribution >= 0.6 is 0 Å². The highest BCUT2D eigenvalue weighted by Gasteiger charge is 2.19. The lowest BCUT2D eigenvalue weighted by Crippen LogP contribution is -2.24. The van der Waals surface area contributed by atoms with E-state index in [9.17, 15) is 27.1 Å². The van der Waals surface area contributed by atoms with Gasteiger partial charge in [-0.1, -0.05) is 12.1 Å². The lowest BCUT2D eigenvalue weighted by atomic mass is 9.88. The number of carbonyl (C=O) groups is 1. The second-order valence-electron chi connectivity index (χ2n) is 8.21. The molecule has 1 aromatic carbocycles. The Labute approximate surface area is 207 Å². The molecule has 1 aliphatic carbocycles. The van der Waals surface area contributed by atoms with Gasteiger partial charge in [-0.2, -0.15) is 13.8 Å². The van der Waals surface area contributed by atoms with Gasteiger partial charge < -0.3 is 20.5 Å². The van der Waals surface area contributed by atoms with Crippen LogP contribution in [0.3, 0.4) is 0 Å².